The van der Waals surface area contributed by atoms with Gasteiger partial charge in [-0.2, -0.15) is 4.80 Å². The van der Waals surface area contributed by atoms with E-state index < -0.39 is 5.91 Å². The summed E-state index contributed by atoms with van der Waals surface area (Å²) in [7, 11) is 1.43. The van der Waals surface area contributed by atoms with Crippen LogP contribution in [0.4, 0.5) is 5.69 Å². The lowest BCUT2D eigenvalue weighted by molar-refractivity contribution is -0.120. The molecule has 0 unspecified atom stereocenters. The molecule has 2 amide bonds. The third-order valence-corrected chi connectivity index (χ3v) is 2.47. The van der Waals surface area contributed by atoms with Gasteiger partial charge in [-0.25, -0.2) is 0 Å². The number of primary amides is 1. The van der Waals surface area contributed by atoms with E-state index >= 15 is 0 Å². The Labute approximate surface area is 120 Å². The molecule has 9 nitrogen and oxygen atoms in total. The number of carbonyl (C=O) groups excluding carboxylic acids is 2. The number of para-hydroxylation sites is 1. The van der Waals surface area contributed by atoms with Crippen molar-refractivity contribution in [3.05, 3.63) is 24.3 Å². The predicted molar refractivity (Wildman–Crippen MR) is 73.0 cm³/mol. The largest absolute Gasteiger partial charge is 0.375 e. The van der Waals surface area contributed by atoms with Gasteiger partial charge in [0.15, 0.2) is 0 Å². The molecule has 110 valence electrons. The third kappa shape index (κ3) is 3.83. The van der Waals surface area contributed by atoms with E-state index in [1.54, 1.807) is 24.3 Å². The summed E-state index contributed by atoms with van der Waals surface area (Å²) in [5.74, 6) is -0.584. The molecule has 0 atom stereocenters. The maximum Gasteiger partial charge on any atom is 0.250 e. The number of nitrogens with one attached hydrogen (secondary N) is 1. The molecule has 0 aliphatic rings. The molecule has 1 aromatic heterocycles. The van der Waals surface area contributed by atoms with Gasteiger partial charge in [0.25, 0.3) is 0 Å². The van der Waals surface area contributed by atoms with Crippen molar-refractivity contribution in [3.63, 3.8) is 0 Å². The molecule has 0 saturated carbocycles. The zero-order valence-corrected chi connectivity index (χ0v) is 11.3. The Morgan fingerprint density at radius 2 is 2.14 bits per heavy atom. The second-order valence-electron chi connectivity index (χ2n) is 4.14. The lowest BCUT2D eigenvalue weighted by Gasteiger charge is -2.07. The molecule has 0 spiro atoms. The van der Waals surface area contributed by atoms with Gasteiger partial charge in [-0.15, -0.1) is 10.2 Å². The van der Waals surface area contributed by atoms with Crippen molar-refractivity contribution in [2.75, 3.05) is 19.0 Å². The fraction of sp³-hybridized carbons (Fsp3) is 0.250. The zero-order valence-electron chi connectivity index (χ0n) is 11.3. The summed E-state index contributed by atoms with van der Waals surface area (Å²) in [4.78, 5) is 23.5. The highest BCUT2D eigenvalue weighted by Crippen LogP contribution is 2.24. The fourth-order valence-corrected chi connectivity index (χ4v) is 1.66. The molecule has 0 aliphatic carbocycles. The SMILES string of the molecule is COCC(=O)Nc1ccccc1-c1nnn(CC(N)=O)n1. The smallest absolute Gasteiger partial charge is 0.250 e. The second kappa shape index (κ2) is 6.57. The zero-order chi connectivity index (χ0) is 15.2. The minimum Gasteiger partial charge on any atom is -0.375 e. The molecule has 0 saturated heterocycles. The first-order valence-electron chi connectivity index (χ1n) is 6.04. The van der Waals surface area contributed by atoms with E-state index in [9.17, 15) is 9.59 Å². The van der Waals surface area contributed by atoms with Crippen LogP contribution in [-0.2, 0) is 20.9 Å². The number of ether oxygens (including phenoxy) is 1. The molecule has 21 heavy (non-hydrogen) atoms. The Morgan fingerprint density at radius 1 is 1.38 bits per heavy atom. The number of anilines is 1. The van der Waals surface area contributed by atoms with Crippen molar-refractivity contribution < 1.29 is 14.3 Å². The van der Waals surface area contributed by atoms with Crippen LogP contribution in [0.25, 0.3) is 11.4 Å². The van der Waals surface area contributed by atoms with Gasteiger partial charge in [0.2, 0.25) is 17.6 Å². The Bertz CT molecular complexity index is 654. The van der Waals surface area contributed by atoms with Crippen LogP contribution in [-0.4, -0.2) is 45.7 Å². The predicted octanol–water partition coefficient (Wildman–Crippen LogP) is -0.590. The van der Waals surface area contributed by atoms with Gasteiger partial charge in [-0.05, 0) is 17.3 Å². The molecule has 0 fully saturated rings. The Hall–Kier alpha value is -2.81. The molecule has 2 rings (SSSR count). The number of amides is 2. The van der Waals surface area contributed by atoms with Crippen molar-refractivity contribution >= 4 is 17.5 Å². The first-order chi connectivity index (χ1) is 10.1. The van der Waals surface area contributed by atoms with E-state index in [4.69, 9.17) is 10.5 Å². The van der Waals surface area contributed by atoms with Crippen LogP contribution in [0.15, 0.2) is 24.3 Å². The number of carbonyl (C=O) groups is 2. The second-order valence-corrected chi connectivity index (χ2v) is 4.14. The van der Waals surface area contributed by atoms with Gasteiger partial charge in [-0.1, -0.05) is 12.1 Å². The lowest BCUT2D eigenvalue weighted by atomic mass is 10.1. The van der Waals surface area contributed by atoms with Crippen molar-refractivity contribution in [1.29, 1.82) is 0 Å². The molecule has 0 bridgehead atoms. The summed E-state index contributed by atoms with van der Waals surface area (Å²) in [6.07, 6.45) is 0. The first-order valence-corrected chi connectivity index (χ1v) is 6.04. The number of nitrogens with two attached hydrogens (primary N) is 1. The molecule has 9 heteroatoms. The van der Waals surface area contributed by atoms with Crippen molar-refractivity contribution in [2.45, 2.75) is 6.54 Å². The summed E-state index contributed by atoms with van der Waals surface area (Å²) in [6, 6.07) is 6.97. The Morgan fingerprint density at radius 3 is 2.86 bits per heavy atom. The van der Waals surface area contributed by atoms with E-state index in [1.807, 2.05) is 0 Å². The van der Waals surface area contributed by atoms with Crippen LogP contribution in [0.1, 0.15) is 0 Å². The van der Waals surface area contributed by atoms with E-state index in [2.05, 4.69) is 20.7 Å². The number of methoxy groups -OCH3 is 1. The monoisotopic (exact) mass is 290 g/mol. The maximum atomic E-state index is 11.6. The van der Waals surface area contributed by atoms with Gasteiger partial charge in [0, 0.05) is 12.7 Å². The van der Waals surface area contributed by atoms with Crippen molar-refractivity contribution in [3.8, 4) is 11.4 Å². The molecule has 0 aliphatic heterocycles. The average molecular weight is 290 g/mol. The van der Waals surface area contributed by atoms with Crippen molar-refractivity contribution in [2.24, 2.45) is 5.73 Å². The Kier molecular flexibility index (Phi) is 4.57. The molecule has 0 radical (unpaired) electrons. The Balaban J connectivity index is 2.25. The summed E-state index contributed by atoms with van der Waals surface area (Å²) in [5, 5.41) is 14.3. The summed E-state index contributed by atoms with van der Waals surface area (Å²) < 4.78 is 4.76. The summed E-state index contributed by atoms with van der Waals surface area (Å²) in [6.45, 7) is -0.221. The van der Waals surface area contributed by atoms with Crippen LogP contribution in [0.2, 0.25) is 0 Å². The van der Waals surface area contributed by atoms with Crippen LogP contribution in [0.3, 0.4) is 0 Å². The summed E-state index contributed by atoms with van der Waals surface area (Å²) in [5.41, 5.74) is 6.17. The van der Waals surface area contributed by atoms with Crippen LogP contribution < -0.4 is 11.1 Å². The van der Waals surface area contributed by atoms with Gasteiger partial charge in [0.1, 0.15) is 13.2 Å². The number of nitrogens with zero attached hydrogens (tertiary/aromatic N) is 4. The van der Waals surface area contributed by atoms with E-state index in [1.165, 1.54) is 7.11 Å². The fourth-order valence-electron chi connectivity index (χ4n) is 1.66. The molecule has 1 aromatic carbocycles. The standard InChI is InChI=1S/C12H14N6O3/c1-21-7-11(20)14-9-5-3-2-4-8(9)12-15-17-18(16-12)6-10(13)19/h2-5H,6-7H2,1H3,(H2,13,19)(H,14,20). The highest BCUT2D eigenvalue weighted by molar-refractivity contribution is 5.95. The number of aromatic nitrogens is 4. The molecule has 2 aromatic rings. The van der Waals surface area contributed by atoms with Crippen LogP contribution in [0, 0.1) is 0 Å². The molecular formula is C12H14N6O3. The minimum absolute atomic E-state index is 0.0594. The van der Waals surface area contributed by atoms with Gasteiger partial charge in [-0.3, -0.25) is 9.59 Å². The minimum atomic E-state index is -0.569. The number of hydrogen-bond donors (Lipinski definition) is 2. The van der Waals surface area contributed by atoms with Crippen LogP contribution >= 0.6 is 0 Å². The van der Waals surface area contributed by atoms with Gasteiger partial charge < -0.3 is 15.8 Å². The highest BCUT2D eigenvalue weighted by atomic mass is 16.5. The van der Waals surface area contributed by atoms with E-state index in [0.29, 0.717) is 11.3 Å². The first kappa shape index (κ1) is 14.6. The third-order valence-electron chi connectivity index (χ3n) is 2.47. The average Bonchev–Trinajstić information content (AvgIpc) is 2.87. The number of tetrazole rings is 1. The molecule has 1 heterocycles. The van der Waals surface area contributed by atoms with Gasteiger partial charge in [0.05, 0.1) is 5.69 Å². The van der Waals surface area contributed by atoms with Crippen molar-refractivity contribution in [1.82, 2.24) is 20.2 Å². The maximum absolute atomic E-state index is 11.6. The quantitative estimate of drug-likeness (QED) is 0.732. The summed E-state index contributed by atoms with van der Waals surface area (Å²) >= 11 is 0. The number of hydrogen-bond acceptors (Lipinski definition) is 6. The highest BCUT2D eigenvalue weighted by Gasteiger charge is 2.13. The topological polar surface area (TPSA) is 125 Å². The van der Waals surface area contributed by atoms with Gasteiger partial charge >= 0.3 is 0 Å². The molecule has 3 N–H and O–H groups in total. The number of benzene rings is 1. The number of rotatable bonds is 6. The van der Waals surface area contributed by atoms with E-state index in [-0.39, 0.29) is 24.9 Å². The lowest BCUT2D eigenvalue weighted by Crippen LogP contribution is -2.20. The molecular weight excluding hydrogens is 276 g/mol. The van der Waals surface area contributed by atoms with E-state index in [0.717, 1.165) is 4.80 Å². The van der Waals surface area contributed by atoms with Crippen LogP contribution in [0.5, 0.6) is 0 Å². The normalized spacial score (nSPS) is 10.3.